The summed E-state index contributed by atoms with van der Waals surface area (Å²) in [5.74, 6) is -0.0915. The highest BCUT2D eigenvalue weighted by atomic mass is 16.6. The molecule has 15 heavy (non-hydrogen) atoms. The monoisotopic (exact) mass is 207 g/mol. The summed E-state index contributed by atoms with van der Waals surface area (Å²) in [7, 11) is 0. The first-order valence-electron chi connectivity index (χ1n) is 4.61. The van der Waals surface area contributed by atoms with Crippen molar-refractivity contribution in [2.75, 3.05) is 0 Å². The minimum atomic E-state index is -0.519. The molecule has 4 nitrogen and oxygen atoms in total. The van der Waals surface area contributed by atoms with Gasteiger partial charge in [-0.25, -0.2) is 0 Å². The van der Waals surface area contributed by atoms with E-state index >= 15 is 0 Å². The van der Waals surface area contributed by atoms with Crippen molar-refractivity contribution in [3.05, 3.63) is 39.9 Å². The molecule has 0 saturated carbocycles. The zero-order chi connectivity index (χ0) is 11.6. The minimum absolute atomic E-state index is 0.0508. The molecule has 1 rings (SSSR count). The molecule has 1 aromatic rings. The third kappa shape index (κ3) is 2.62. The molecule has 0 aliphatic carbocycles. The van der Waals surface area contributed by atoms with Crippen molar-refractivity contribution < 1.29 is 9.72 Å². The number of Topliss-reactive ketones (excluding diaryl/α,β-unsaturated/α-hetero) is 1. The van der Waals surface area contributed by atoms with Crippen molar-refractivity contribution in [2.45, 2.75) is 20.8 Å². The standard InChI is InChI=1S/C11H13NO3/c1-11(2,3)10(13)8-5-4-6-9(7-8)12(14)15/h4-7H,1-3H3. The van der Waals surface area contributed by atoms with Crippen LogP contribution in [0.2, 0.25) is 0 Å². The van der Waals surface area contributed by atoms with Gasteiger partial charge in [-0.2, -0.15) is 0 Å². The maximum atomic E-state index is 11.8. The van der Waals surface area contributed by atoms with E-state index in [2.05, 4.69) is 0 Å². The number of ketones is 1. The molecular weight excluding hydrogens is 194 g/mol. The van der Waals surface area contributed by atoms with Gasteiger partial charge in [0, 0.05) is 23.1 Å². The Morgan fingerprint density at radius 3 is 2.40 bits per heavy atom. The van der Waals surface area contributed by atoms with Crippen LogP contribution >= 0.6 is 0 Å². The average Bonchev–Trinajstić information content (AvgIpc) is 2.15. The van der Waals surface area contributed by atoms with Gasteiger partial charge in [-0.1, -0.05) is 32.9 Å². The molecule has 0 radical (unpaired) electrons. The van der Waals surface area contributed by atoms with E-state index in [1.807, 2.05) is 0 Å². The highest BCUT2D eigenvalue weighted by Gasteiger charge is 2.23. The summed E-state index contributed by atoms with van der Waals surface area (Å²) < 4.78 is 0. The maximum Gasteiger partial charge on any atom is 0.270 e. The van der Waals surface area contributed by atoms with E-state index in [9.17, 15) is 14.9 Å². The Bertz CT molecular complexity index is 405. The normalized spacial score (nSPS) is 11.1. The van der Waals surface area contributed by atoms with Crippen LogP contribution in [0, 0.1) is 15.5 Å². The van der Waals surface area contributed by atoms with Gasteiger partial charge in [0.15, 0.2) is 5.78 Å². The molecule has 0 saturated heterocycles. The van der Waals surface area contributed by atoms with E-state index in [4.69, 9.17) is 0 Å². The Balaban J connectivity index is 3.12. The molecule has 0 atom stereocenters. The van der Waals surface area contributed by atoms with Crippen LogP contribution in [0.15, 0.2) is 24.3 Å². The first kappa shape index (κ1) is 11.4. The highest BCUT2D eigenvalue weighted by Crippen LogP contribution is 2.23. The van der Waals surface area contributed by atoms with Gasteiger partial charge in [-0.05, 0) is 0 Å². The molecule has 0 unspecified atom stereocenters. The number of non-ortho nitro benzene ring substituents is 1. The van der Waals surface area contributed by atoms with Gasteiger partial charge in [-0.3, -0.25) is 14.9 Å². The number of hydrogen-bond acceptors (Lipinski definition) is 3. The van der Waals surface area contributed by atoms with Crippen molar-refractivity contribution in [2.24, 2.45) is 5.41 Å². The number of nitro groups is 1. The van der Waals surface area contributed by atoms with E-state index < -0.39 is 10.3 Å². The van der Waals surface area contributed by atoms with Gasteiger partial charge < -0.3 is 0 Å². The predicted molar refractivity (Wildman–Crippen MR) is 56.9 cm³/mol. The molecule has 0 spiro atoms. The molecule has 0 aliphatic heterocycles. The zero-order valence-corrected chi connectivity index (χ0v) is 8.98. The number of hydrogen-bond donors (Lipinski definition) is 0. The Labute approximate surface area is 88.1 Å². The molecule has 0 N–H and O–H groups in total. The van der Waals surface area contributed by atoms with Gasteiger partial charge in [0.25, 0.3) is 5.69 Å². The van der Waals surface area contributed by atoms with Crippen LogP contribution in [0.4, 0.5) is 5.69 Å². The van der Waals surface area contributed by atoms with Crippen molar-refractivity contribution >= 4 is 11.5 Å². The van der Waals surface area contributed by atoms with Crippen LogP contribution in [0.1, 0.15) is 31.1 Å². The van der Waals surface area contributed by atoms with Crippen molar-refractivity contribution in [3.63, 3.8) is 0 Å². The predicted octanol–water partition coefficient (Wildman–Crippen LogP) is 2.82. The third-order valence-corrected chi connectivity index (χ3v) is 2.00. The molecule has 0 amide bonds. The van der Waals surface area contributed by atoms with Gasteiger partial charge >= 0.3 is 0 Å². The summed E-state index contributed by atoms with van der Waals surface area (Å²) in [6, 6.07) is 5.81. The van der Waals surface area contributed by atoms with Crippen molar-refractivity contribution in [1.82, 2.24) is 0 Å². The molecule has 0 aliphatic rings. The molecule has 0 aromatic heterocycles. The number of rotatable bonds is 2. The average molecular weight is 207 g/mol. The van der Waals surface area contributed by atoms with E-state index in [0.717, 1.165) is 0 Å². The molecule has 4 heteroatoms. The summed E-state index contributed by atoms with van der Waals surface area (Å²) in [6.45, 7) is 5.36. The number of nitrogens with zero attached hydrogens (tertiary/aromatic N) is 1. The van der Waals surface area contributed by atoms with E-state index in [0.29, 0.717) is 5.56 Å². The van der Waals surface area contributed by atoms with Crippen LogP contribution in [-0.4, -0.2) is 10.7 Å². The van der Waals surface area contributed by atoms with Crippen LogP contribution in [0.5, 0.6) is 0 Å². The second-order valence-corrected chi connectivity index (χ2v) is 4.39. The molecule has 80 valence electrons. The summed E-state index contributed by atoms with van der Waals surface area (Å²) >= 11 is 0. The first-order chi connectivity index (χ1) is 6.82. The molecular formula is C11H13NO3. The second-order valence-electron chi connectivity index (χ2n) is 4.39. The Morgan fingerprint density at radius 1 is 1.33 bits per heavy atom. The molecule has 0 bridgehead atoms. The summed E-state index contributed by atoms with van der Waals surface area (Å²) in [6.07, 6.45) is 0. The topological polar surface area (TPSA) is 60.2 Å². The minimum Gasteiger partial charge on any atom is -0.294 e. The van der Waals surface area contributed by atoms with Crippen molar-refractivity contribution in [1.29, 1.82) is 0 Å². The lowest BCUT2D eigenvalue weighted by Gasteiger charge is -2.16. The Hall–Kier alpha value is -1.71. The maximum absolute atomic E-state index is 11.8. The Kier molecular flexibility index (Phi) is 2.88. The zero-order valence-electron chi connectivity index (χ0n) is 8.98. The van der Waals surface area contributed by atoms with Gasteiger partial charge in [0.1, 0.15) is 0 Å². The highest BCUT2D eigenvalue weighted by molar-refractivity contribution is 6.00. The SMILES string of the molecule is CC(C)(C)C(=O)c1cccc([N+](=O)[O-])c1. The summed E-state index contributed by atoms with van der Waals surface area (Å²) in [5.41, 5.74) is -0.184. The summed E-state index contributed by atoms with van der Waals surface area (Å²) in [4.78, 5) is 21.8. The van der Waals surface area contributed by atoms with E-state index in [1.165, 1.54) is 18.2 Å². The smallest absolute Gasteiger partial charge is 0.270 e. The fourth-order valence-corrected chi connectivity index (χ4v) is 1.19. The molecule has 1 aromatic carbocycles. The lowest BCUT2D eigenvalue weighted by atomic mass is 9.86. The fraction of sp³-hybridized carbons (Fsp3) is 0.364. The molecule has 0 fully saturated rings. The van der Waals surface area contributed by atoms with Gasteiger partial charge in [0.2, 0.25) is 0 Å². The lowest BCUT2D eigenvalue weighted by molar-refractivity contribution is -0.384. The Morgan fingerprint density at radius 2 is 1.93 bits per heavy atom. The van der Waals surface area contributed by atoms with Crippen molar-refractivity contribution in [3.8, 4) is 0 Å². The fourth-order valence-electron chi connectivity index (χ4n) is 1.19. The number of nitro benzene ring substituents is 1. The van der Waals surface area contributed by atoms with Gasteiger partial charge in [0.05, 0.1) is 4.92 Å². The van der Waals surface area contributed by atoms with Crippen LogP contribution in [0.25, 0.3) is 0 Å². The second kappa shape index (κ2) is 3.81. The summed E-state index contributed by atoms with van der Waals surface area (Å²) in [5, 5.41) is 10.5. The van der Waals surface area contributed by atoms with Crippen LogP contribution in [-0.2, 0) is 0 Å². The number of carbonyl (C=O) groups excluding carboxylic acids is 1. The van der Waals surface area contributed by atoms with Gasteiger partial charge in [-0.15, -0.1) is 0 Å². The van der Waals surface area contributed by atoms with Crippen LogP contribution < -0.4 is 0 Å². The van der Waals surface area contributed by atoms with E-state index in [-0.39, 0.29) is 11.5 Å². The first-order valence-corrected chi connectivity index (χ1v) is 4.61. The third-order valence-electron chi connectivity index (χ3n) is 2.00. The largest absolute Gasteiger partial charge is 0.294 e. The number of benzene rings is 1. The number of carbonyl (C=O) groups is 1. The quantitative estimate of drug-likeness (QED) is 0.425. The molecule has 0 heterocycles. The van der Waals surface area contributed by atoms with Crippen LogP contribution in [0.3, 0.4) is 0 Å². The lowest BCUT2D eigenvalue weighted by Crippen LogP contribution is -2.20. The van der Waals surface area contributed by atoms with E-state index in [1.54, 1.807) is 26.8 Å².